The van der Waals surface area contributed by atoms with Crippen molar-refractivity contribution in [3.05, 3.63) is 29.6 Å². The molecule has 0 saturated carbocycles. The minimum Gasteiger partial charge on any atom is -0.380 e. The summed E-state index contributed by atoms with van der Waals surface area (Å²) in [4.78, 5) is 4.36. The second-order valence-corrected chi connectivity index (χ2v) is 3.90. The van der Waals surface area contributed by atoms with Gasteiger partial charge in [0.05, 0.1) is 13.2 Å². The molecule has 2 heteroatoms. The third-order valence-corrected chi connectivity index (χ3v) is 2.53. The number of hydrogen-bond donors (Lipinski definition) is 0. The summed E-state index contributed by atoms with van der Waals surface area (Å²) < 4.78 is 5.15. The summed E-state index contributed by atoms with van der Waals surface area (Å²) in [5.41, 5.74) is 2.56. The molecule has 15 heavy (non-hydrogen) atoms. The molecule has 1 aliphatic rings. The zero-order chi connectivity index (χ0) is 11.3. The van der Waals surface area contributed by atoms with Gasteiger partial charge in [0.25, 0.3) is 0 Å². The lowest BCUT2D eigenvalue weighted by Gasteiger charge is -2.25. The maximum atomic E-state index is 5.15. The van der Waals surface area contributed by atoms with Crippen LogP contribution in [0.15, 0.2) is 18.3 Å². The number of rotatable bonds is 2. The standard InChI is InChI=1S/C11H15NO.C2H6/c1-8(2)9-3-4-12-11(5-9)10-6-13-7-10;1-2/h3-5,8,10H,6-7H2,1-2H3;1-2H3. The van der Waals surface area contributed by atoms with Gasteiger partial charge in [-0.1, -0.05) is 27.7 Å². The second kappa shape index (κ2) is 5.86. The molecular formula is C13H21NO. The third kappa shape index (κ3) is 3.03. The van der Waals surface area contributed by atoms with Gasteiger partial charge in [-0.05, 0) is 23.6 Å². The maximum absolute atomic E-state index is 5.15. The molecule has 0 aromatic carbocycles. The predicted octanol–water partition coefficient (Wildman–Crippen LogP) is 3.35. The zero-order valence-electron chi connectivity index (χ0n) is 10.2. The fourth-order valence-corrected chi connectivity index (χ4v) is 1.45. The highest BCUT2D eigenvalue weighted by molar-refractivity contribution is 5.22. The Kier molecular flexibility index (Phi) is 4.76. The molecule has 2 rings (SSSR count). The van der Waals surface area contributed by atoms with Crippen molar-refractivity contribution in [3.63, 3.8) is 0 Å². The molecular weight excluding hydrogens is 186 g/mol. The summed E-state index contributed by atoms with van der Waals surface area (Å²) in [5, 5.41) is 0. The molecule has 2 heterocycles. The van der Waals surface area contributed by atoms with E-state index >= 15 is 0 Å². The summed E-state index contributed by atoms with van der Waals surface area (Å²) in [6.45, 7) is 10.1. The van der Waals surface area contributed by atoms with Crippen molar-refractivity contribution in [1.29, 1.82) is 0 Å². The smallest absolute Gasteiger partial charge is 0.0572 e. The van der Waals surface area contributed by atoms with E-state index in [-0.39, 0.29) is 0 Å². The van der Waals surface area contributed by atoms with Crippen LogP contribution in [0.4, 0.5) is 0 Å². The number of pyridine rings is 1. The van der Waals surface area contributed by atoms with Crippen LogP contribution in [0, 0.1) is 0 Å². The summed E-state index contributed by atoms with van der Waals surface area (Å²) >= 11 is 0. The van der Waals surface area contributed by atoms with E-state index in [2.05, 4.69) is 31.0 Å². The van der Waals surface area contributed by atoms with E-state index in [0.717, 1.165) is 13.2 Å². The molecule has 2 nitrogen and oxygen atoms in total. The lowest BCUT2D eigenvalue weighted by molar-refractivity contribution is 0.00668. The van der Waals surface area contributed by atoms with Crippen LogP contribution in [-0.2, 0) is 4.74 Å². The molecule has 1 aliphatic heterocycles. The monoisotopic (exact) mass is 207 g/mol. The van der Waals surface area contributed by atoms with Gasteiger partial charge >= 0.3 is 0 Å². The predicted molar refractivity (Wildman–Crippen MR) is 63.2 cm³/mol. The highest BCUT2D eigenvalue weighted by Crippen LogP contribution is 2.24. The second-order valence-electron chi connectivity index (χ2n) is 3.90. The lowest BCUT2D eigenvalue weighted by Crippen LogP contribution is -2.26. The van der Waals surface area contributed by atoms with Crippen molar-refractivity contribution in [2.45, 2.75) is 39.5 Å². The fraction of sp³-hybridized carbons (Fsp3) is 0.615. The molecule has 0 radical (unpaired) electrons. The van der Waals surface area contributed by atoms with Gasteiger partial charge in [0, 0.05) is 17.8 Å². The van der Waals surface area contributed by atoms with Crippen LogP contribution in [-0.4, -0.2) is 18.2 Å². The third-order valence-electron chi connectivity index (χ3n) is 2.53. The van der Waals surface area contributed by atoms with Gasteiger partial charge in [-0.2, -0.15) is 0 Å². The van der Waals surface area contributed by atoms with Crippen LogP contribution in [0.1, 0.15) is 50.8 Å². The van der Waals surface area contributed by atoms with Gasteiger partial charge in [0.1, 0.15) is 0 Å². The Morgan fingerprint density at radius 3 is 2.47 bits per heavy atom. The zero-order valence-corrected chi connectivity index (χ0v) is 10.2. The molecule has 1 aromatic rings. The average molecular weight is 207 g/mol. The minimum atomic E-state index is 0.540. The molecule has 1 fully saturated rings. The Hall–Kier alpha value is -0.890. The average Bonchev–Trinajstić information content (AvgIpc) is 2.19. The Morgan fingerprint density at radius 1 is 1.33 bits per heavy atom. The van der Waals surface area contributed by atoms with E-state index in [0.29, 0.717) is 11.8 Å². The highest BCUT2D eigenvalue weighted by Gasteiger charge is 2.21. The van der Waals surface area contributed by atoms with Crippen LogP contribution in [0.2, 0.25) is 0 Å². The Balaban J connectivity index is 0.000000531. The lowest BCUT2D eigenvalue weighted by atomic mass is 9.98. The molecule has 1 saturated heterocycles. The van der Waals surface area contributed by atoms with Gasteiger partial charge in [-0.3, -0.25) is 4.98 Å². The largest absolute Gasteiger partial charge is 0.380 e. The van der Waals surface area contributed by atoms with Crippen LogP contribution in [0.3, 0.4) is 0 Å². The molecule has 84 valence electrons. The Bertz CT molecular complexity index is 292. The molecule has 1 aromatic heterocycles. The SMILES string of the molecule is CC.CC(C)c1ccnc(C2COC2)c1. The van der Waals surface area contributed by atoms with Crippen LogP contribution in [0.5, 0.6) is 0 Å². The topological polar surface area (TPSA) is 22.1 Å². The molecule has 0 aliphatic carbocycles. The first-order valence-electron chi connectivity index (χ1n) is 5.81. The summed E-state index contributed by atoms with van der Waals surface area (Å²) in [6.07, 6.45) is 1.91. The summed E-state index contributed by atoms with van der Waals surface area (Å²) in [6, 6.07) is 4.30. The highest BCUT2D eigenvalue weighted by atomic mass is 16.5. The number of aromatic nitrogens is 1. The Labute approximate surface area is 92.7 Å². The van der Waals surface area contributed by atoms with Gasteiger partial charge in [-0.15, -0.1) is 0 Å². The Morgan fingerprint density at radius 2 is 2.00 bits per heavy atom. The fourth-order valence-electron chi connectivity index (χ4n) is 1.45. The maximum Gasteiger partial charge on any atom is 0.0572 e. The summed E-state index contributed by atoms with van der Waals surface area (Å²) in [7, 11) is 0. The molecule has 0 spiro atoms. The van der Waals surface area contributed by atoms with E-state index < -0.39 is 0 Å². The van der Waals surface area contributed by atoms with Crippen molar-refractivity contribution < 1.29 is 4.74 Å². The van der Waals surface area contributed by atoms with Crippen LogP contribution >= 0.6 is 0 Å². The van der Waals surface area contributed by atoms with Gasteiger partial charge in [0.15, 0.2) is 0 Å². The van der Waals surface area contributed by atoms with Crippen LogP contribution < -0.4 is 0 Å². The van der Waals surface area contributed by atoms with E-state index in [9.17, 15) is 0 Å². The number of hydrogen-bond acceptors (Lipinski definition) is 2. The van der Waals surface area contributed by atoms with Crippen molar-refractivity contribution >= 4 is 0 Å². The van der Waals surface area contributed by atoms with Crippen molar-refractivity contribution in [2.24, 2.45) is 0 Å². The van der Waals surface area contributed by atoms with Crippen molar-refractivity contribution in [2.75, 3.05) is 13.2 Å². The number of nitrogens with zero attached hydrogens (tertiary/aromatic N) is 1. The minimum absolute atomic E-state index is 0.540. The molecule has 0 atom stereocenters. The van der Waals surface area contributed by atoms with E-state index in [1.54, 1.807) is 0 Å². The number of ether oxygens (including phenoxy) is 1. The molecule has 0 bridgehead atoms. The van der Waals surface area contributed by atoms with Gasteiger partial charge < -0.3 is 4.74 Å². The van der Waals surface area contributed by atoms with Crippen molar-refractivity contribution in [3.8, 4) is 0 Å². The van der Waals surface area contributed by atoms with Gasteiger partial charge in [-0.25, -0.2) is 0 Å². The first kappa shape index (κ1) is 12.2. The van der Waals surface area contributed by atoms with Gasteiger partial charge in [0.2, 0.25) is 0 Å². The van der Waals surface area contributed by atoms with E-state index in [1.165, 1.54) is 11.3 Å². The van der Waals surface area contributed by atoms with Crippen molar-refractivity contribution in [1.82, 2.24) is 4.98 Å². The first-order valence-corrected chi connectivity index (χ1v) is 5.81. The normalized spacial score (nSPS) is 15.5. The first-order chi connectivity index (χ1) is 7.27. The molecule has 0 unspecified atom stereocenters. The molecule has 0 amide bonds. The van der Waals surface area contributed by atoms with Crippen LogP contribution in [0.25, 0.3) is 0 Å². The van der Waals surface area contributed by atoms with E-state index in [1.807, 2.05) is 20.0 Å². The quantitative estimate of drug-likeness (QED) is 0.742. The van der Waals surface area contributed by atoms with E-state index in [4.69, 9.17) is 4.74 Å². The molecule has 0 N–H and O–H groups in total. The summed E-state index contributed by atoms with van der Waals surface area (Å²) in [5.74, 6) is 1.13.